The highest BCUT2D eigenvalue weighted by molar-refractivity contribution is 6.74. The summed E-state index contributed by atoms with van der Waals surface area (Å²) < 4.78 is 7.83. The van der Waals surface area contributed by atoms with Crippen LogP contribution in [-0.2, 0) is 11.0 Å². The molecule has 126 valence electrons. The summed E-state index contributed by atoms with van der Waals surface area (Å²) in [6, 6.07) is 3.39. The topological polar surface area (TPSA) is 64.3 Å². The van der Waals surface area contributed by atoms with Crippen LogP contribution in [0.5, 0.6) is 0 Å². The number of hydrogen-bond donors (Lipinski definition) is 1. The van der Waals surface area contributed by atoms with Crippen molar-refractivity contribution >= 4 is 36.8 Å². The normalized spacial score (nSPS) is 12.8. The molecule has 0 amide bonds. The van der Waals surface area contributed by atoms with Gasteiger partial charge in [-0.3, -0.25) is 0 Å². The molecule has 1 N–H and O–H groups in total. The minimum Gasteiger partial charge on any atom is -0.477 e. The maximum absolute atomic E-state index is 11.5. The van der Waals surface area contributed by atoms with E-state index in [1.807, 2.05) is 0 Å². The highest BCUT2D eigenvalue weighted by Gasteiger charge is 2.37. The first kappa shape index (κ1) is 18.0. The van der Waals surface area contributed by atoms with Gasteiger partial charge in [0, 0.05) is 18.1 Å². The number of carboxylic acid groups (broad SMARTS) is 1. The van der Waals surface area contributed by atoms with Gasteiger partial charge in [0.15, 0.2) is 13.5 Å². The predicted molar refractivity (Wildman–Crippen MR) is 94.9 cm³/mol. The SMILES string of the molecule is CC(C)(C)[Si](C)(C)OCCn1c(C(=O)O)cc2ccnc(Cl)c21. The van der Waals surface area contributed by atoms with Crippen molar-refractivity contribution in [3.63, 3.8) is 0 Å². The van der Waals surface area contributed by atoms with Gasteiger partial charge in [0.2, 0.25) is 0 Å². The number of fused-ring (bicyclic) bond motifs is 1. The van der Waals surface area contributed by atoms with Crippen molar-refractivity contribution in [2.75, 3.05) is 6.61 Å². The average molecular weight is 355 g/mol. The first-order valence-corrected chi connectivity index (χ1v) is 10.8. The van der Waals surface area contributed by atoms with Gasteiger partial charge in [-0.25, -0.2) is 9.78 Å². The fraction of sp³-hybridized carbons (Fsp3) is 0.500. The molecule has 0 saturated heterocycles. The number of carboxylic acids is 1. The Balaban J connectivity index is 2.29. The van der Waals surface area contributed by atoms with E-state index >= 15 is 0 Å². The van der Waals surface area contributed by atoms with Gasteiger partial charge in [-0.2, -0.15) is 0 Å². The monoisotopic (exact) mass is 354 g/mol. The maximum atomic E-state index is 11.5. The van der Waals surface area contributed by atoms with E-state index in [1.165, 1.54) is 0 Å². The lowest BCUT2D eigenvalue weighted by Gasteiger charge is -2.36. The highest BCUT2D eigenvalue weighted by atomic mass is 35.5. The summed E-state index contributed by atoms with van der Waals surface area (Å²) in [5, 5.41) is 10.6. The summed E-state index contributed by atoms with van der Waals surface area (Å²) >= 11 is 6.16. The molecule has 23 heavy (non-hydrogen) atoms. The van der Waals surface area contributed by atoms with Crippen molar-refractivity contribution in [2.24, 2.45) is 0 Å². The van der Waals surface area contributed by atoms with Gasteiger partial charge >= 0.3 is 5.97 Å². The van der Waals surface area contributed by atoms with Gasteiger partial charge in [-0.1, -0.05) is 32.4 Å². The molecule has 0 atom stereocenters. The van der Waals surface area contributed by atoms with Crippen LogP contribution >= 0.6 is 11.6 Å². The van der Waals surface area contributed by atoms with Crippen LogP contribution in [0.3, 0.4) is 0 Å². The Morgan fingerprint density at radius 2 is 2.09 bits per heavy atom. The van der Waals surface area contributed by atoms with Gasteiger partial charge in [-0.15, -0.1) is 0 Å². The van der Waals surface area contributed by atoms with Crippen LogP contribution in [0.15, 0.2) is 18.3 Å². The number of pyridine rings is 1. The predicted octanol–water partition coefficient (Wildman–Crippen LogP) is 4.41. The summed E-state index contributed by atoms with van der Waals surface area (Å²) in [6.07, 6.45) is 1.58. The van der Waals surface area contributed by atoms with Crippen LogP contribution in [-0.4, -0.2) is 35.6 Å². The van der Waals surface area contributed by atoms with Crippen LogP contribution < -0.4 is 0 Å². The Bertz CT molecular complexity index is 735. The molecule has 0 aromatic carbocycles. The lowest BCUT2D eigenvalue weighted by Crippen LogP contribution is -2.41. The van der Waals surface area contributed by atoms with E-state index in [0.29, 0.717) is 23.8 Å². The molecular weight excluding hydrogens is 332 g/mol. The fourth-order valence-corrected chi connectivity index (χ4v) is 3.49. The number of halogens is 1. The fourth-order valence-electron chi connectivity index (χ4n) is 2.19. The molecule has 2 aromatic heterocycles. The first-order valence-electron chi connectivity index (χ1n) is 7.55. The average Bonchev–Trinajstić information content (AvgIpc) is 2.78. The van der Waals surface area contributed by atoms with E-state index in [-0.39, 0.29) is 10.7 Å². The molecule has 2 rings (SSSR count). The summed E-state index contributed by atoms with van der Waals surface area (Å²) in [4.78, 5) is 15.6. The summed E-state index contributed by atoms with van der Waals surface area (Å²) in [7, 11) is -1.87. The molecule has 2 aromatic rings. The van der Waals surface area contributed by atoms with Crippen molar-refractivity contribution in [3.8, 4) is 0 Å². The minimum absolute atomic E-state index is 0.112. The first-order chi connectivity index (χ1) is 10.5. The number of aromatic carboxylic acids is 1. The van der Waals surface area contributed by atoms with Gasteiger partial charge in [0.05, 0.1) is 12.1 Å². The highest BCUT2D eigenvalue weighted by Crippen LogP contribution is 2.36. The molecular formula is C16H23ClN2O3Si. The largest absolute Gasteiger partial charge is 0.477 e. The summed E-state index contributed by atoms with van der Waals surface area (Å²) in [5.74, 6) is -0.982. The molecule has 2 heterocycles. The molecule has 0 saturated carbocycles. The molecule has 0 spiro atoms. The van der Waals surface area contributed by atoms with Gasteiger partial charge in [0.1, 0.15) is 5.69 Å². The lowest BCUT2D eigenvalue weighted by molar-refractivity contribution is 0.0684. The molecule has 5 nitrogen and oxygen atoms in total. The lowest BCUT2D eigenvalue weighted by atomic mass is 10.2. The van der Waals surface area contributed by atoms with Crippen molar-refractivity contribution < 1.29 is 14.3 Å². The minimum atomic E-state index is -1.87. The van der Waals surface area contributed by atoms with Crippen molar-refractivity contribution in [2.45, 2.75) is 45.4 Å². The second kappa shape index (κ2) is 6.26. The number of hydrogen-bond acceptors (Lipinski definition) is 3. The van der Waals surface area contributed by atoms with Gasteiger partial charge in [0.25, 0.3) is 0 Å². The molecule has 0 bridgehead atoms. The number of aromatic nitrogens is 2. The maximum Gasteiger partial charge on any atom is 0.352 e. The van der Waals surface area contributed by atoms with E-state index in [4.69, 9.17) is 16.0 Å². The molecule has 7 heteroatoms. The van der Waals surface area contributed by atoms with Crippen LogP contribution in [0.4, 0.5) is 0 Å². The third-order valence-electron chi connectivity index (χ3n) is 4.57. The van der Waals surface area contributed by atoms with Crippen LogP contribution in [0.1, 0.15) is 31.3 Å². The zero-order chi connectivity index (χ0) is 17.4. The molecule has 0 aliphatic heterocycles. The Hall–Kier alpha value is -1.37. The second-order valence-corrected chi connectivity index (χ2v) is 12.3. The van der Waals surface area contributed by atoms with Gasteiger partial charge < -0.3 is 14.1 Å². The van der Waals surface area contributed by atoms with E-state index in [0.717, 1.165) is 5.39 Å². The number of nitrogens with zero attached hydrogens (tertiary/aromatic N) is 2. The smallest absolute Gasteiger partial charge is 0.352 e. The Morgan fingerprint density at radius 3 is 2.65 bits per heavy atom. The summed E-state index contributed by atoms with van der Waals surface area (Å²) in [6.45, 7) is 11.8. The zero-order valence-corrected chi connectivity index (χ0v) is 15.9. The van der Waals surface area contributed by atoms with Crippen molar-refractivity contribution in [3.05, 3.63) is 29.2 Å². The van der Waals surface area contributed by atoms with Crippen LogP contribution in [0.25, 0.3) is 10.9 Å². The Labute approximate surface area is 142 Å². The number of rotatable bonds is 5. The Kier molecular flexibility index (Phi) is 4.89. The van der Waals surface area contributed by atoms with E-state index in [2.05, 4.69) is 38.8 Å². The molecule has 0 aliphatic carbocycles. The summed E-state index contributed by atoms with van der Waals surface area (Å²) in [5.41, 5.74) is 0.846. The second-order valence-electron chi connectivity index (χ2n) is 7.13. The quantitative estimate of drug-likeness (QED) is 0.638. The molecule has 0 radical (unpaired) electrons. The molecule has 0 fully saturated rings. The molecule has 0 aliphatic rings. The van der Waals surface area contributed by atoms with Crippen molar-refractivity contribution in [1.29, 1.82) is 0 Å². The molecule has 0 unspecified atom stereocenters. The standard InChI is InChI=1S/C16H23ClN2O3Si/c1-16(2,3)23(4,5)22-9-8-19-12(15(20)21)10-11-6-7-18-14(17)13(11)19/h6-7,10H,8-9H2,1-5H3,(H,20,21). The third-order valence-corrected chi connectivity index (χ3v) is 9.38. The third kappa shape index (κ3) is 3.59. The zero-order valence-electron chi connectivity index (χ0n) is 14.2. The van der Waals surface area contributed by atoms with Crippen LogP contribution in [0.2, 0.25) is 23.3 Å². The number of carbonyl (C=O) groups is 1. The van der Waals surface area contributed by atoms with Gasteiger partial charge in [-0.05, 0) is 30.3 Å². The van der Waals surface area contributed by atoms with Crippen LogP contribution in [0, 0.1) is 0 Å². The van der Waals surface area contributed by atoms with Crippen molar-refractivity contribution in [1.82, 2.24) is 9.55 Å². The Morgan fingerprint density at radius 1 is 1.43 bits per heavy atom. The van der Waals surface area contributed by atoms with E-state index in [9.17, 15) is 9.90 Å². The van der Waals surface area contributed by atoms with E-state index in [1.54, 1.807) is 22.9 Å². The van der Waals surface area contributed by atoms with E-state index < -0.39 is 14.3 Å².